The van der Waals surface area contributed by atoms with Crippen LogP contribution in [0.3, 0.4) is 0 Å². The Labute approximate surface area is 124 Å². The lowest BCUT2D eigenvalue weighted by Crippen LogP contribution is -2.52. The highest BCUT2D eigenvalue weighted by Crippen LogP contribution is 2.18. The molecule has 116 valence electrons. The molecule has 1 amide bonds. The normalized spacial score (nSPS) is 26.4. The van der Waals surface area contributed by atoms with Crippen molar-refractivity contribution in [3.05, 3.63) is 0 Å². The monoisotopic (exact) mass is 304 g/mol. The molecule has 0 aromatic rings. The van der Waals surface area contributed by atoms with E-state index in [2.05, 4.69) is 10.2 Å². The Kier molecular flexibility index (Phi) is 8.64. The highest BCUT2D eigenvalue weighted by atomic mass is 32.2. The molecule has 2 N–H and O–H groups in total. The summed E-state index contributed by atoms with van der Waals surface area (Å²) in [6.45, 7) is 3.50. The van der Waals surface area contributed by atoms with Crippen LogP contribution in [0.1, 0.15) is 19.3 Å². The molecule has 2 rings (SSSR count). The second kappa shape index (κ2) is 10.0. The number of ether oxygens (including phenoxy) is 1. The standard InChI is InChI=1S/C12H22N2O2S.CH2O2/c1-17-9-12(15)13-10-7-16-8-11(10)14-5-3-2-4-6-14;2-1-3/h10-11H,2-9H2,1H3,(H,13,15);1H,(H,2,3)/t10-,11-;/m0./s1. The molecule has 2 aliphatic heterocycles. The fraction of sp³-hybridized carbons (Fsp3) is 0.846. The van der Waals surface area contributed by atoms with E-state index in [4.69, 9.17) is 14.6 Å². The van der Waals surface area contributed by atoms with E-state index in [1.165, 1.54) is 19.3 Å². The smallest absolute Gasteiger partial charge is 0.290 e. The SMILES string of the molecule is CSCC(=O)N[C@H]1COC[C@@H]1N1CCCCC1.O=CO. The Morgan fingerprint density at radius 3 is 2.65 bits per heavy atom. The summed E-state index contributed by atoms with van der Waals surface area (Å²) in [5.41, 5.74) is 0. The van der Waals surface area contributed by atoms with Gasteiger partial charge in [-0.15, -0.1) is 0 Å². The zero-order chi connectivity index (χ0) is 14.8. The minimum absolute atomic E-state index is 0.134. The number of hydrogen-bond donors (Lipinski definition) is 2. The maximum atomic E-state index is 11.6. The number of amides is 1. The van der Waals surface area contributed by atoms with E-state index in [-0.39, 0.29) is 18.4 Å². The van der Waals surface area contributed by atoms with Crippen LogP contribution < -0.4 is 5.32 Å². The number of carbonyl (C=O) groups excluding carboxylic acids is 1. The van der Waals surface area contributed by atoms with Crippen LogP contribution in [-0.4, -0.2) is 72.8 Å². The Hall–Kier alpha value is -0.790. The number of nitrogens with zero attached hydrogens (tertiary/aromatic N) is 1. The lowest BCUT2D eigenvalue weighted by atomic mass is 10.1. The molecule has 0 bridgehead atoms. The highest BCUT2D eigenvalue weighted by Gasteiger charge is 2.34. The molecule has 0 unspecified atom stereocenters. The van der Waals surface area contributed by atoms with E-state index in [1.54, 1.807) is 11.8 Å². The van der Waals surface area contributed by atoms with E-state index in [1.807, 2.05) is 6.26 Å². The molecular formula is C13H24N2O4S. The Morgan fingerprint density at radius 2 is 2.05 bits per heavy atom. The summed E-state index contributed by atoms with van der Waals surface area (Å²) in [5.74, 6) is 0.679. The number of piperidine rings is 1. The summed E-state index contributed by atoms with van der Waals surface area (Å²) >= 11 is 1.56. The van der Waals surface area contributed by atoms with Crippen molar-refractivity contribution in [2.24, 2.45) is 0 Å². The van der Waals surface area contributed by atoms with Crippen molar-refractivity contribution in [3.63, 3.8) is 0 Å². The van der Waals surface area contributed by atoms with E-state index in [0.717, 1.165) is 19.7 Å². The van der Waals surface area contributed by atoms with Crippen molar-refractivity contribution in [2.75, 3.05) is 38.3 Å². The zero-order valence-corrected chi connectivity index (χ0v) is 12.7. The van der Waals surface area contributed by atoms with Gasteiger partial charge in [0.25, 0.3) is 6.47 Å². The topological polar surface area (TPSA) is 78.9 Å². The molecule has 6 nitrogen and oxygen atoms in total. The van der Waals surface area contributed by atoms with Crippen molar-refractivity contribution in [2.45, 2.75) is 31.3 Å². The summed E-state index contributed by atoms with van der Waals surface area (Å²) in [4.78, 5) is 22.5. The van der Waals surface area contributed by atoms with Crippen LogP contribution in [0.5, 0.6) is 0 Å². The predicted molar refractivity (Wildman–Crippen MR) is 79.0 cm³/mol. The minimum atomic E-state index is -0.250. The number of hydrogen-bond acceptors (Lipinski definition) is 5. The molecular weight excluding hydrogens is 280 g/mol. The third-order valence-corrected chi connectivity index (χ3v) is 4.08. The van der Waals surface area contributed by atoms with Crippen LogP contribution in [0.15, 0.2) is 0 Å². The molecule has 0 saturated carbocycles. The first-order valence-electron chi connectivity index (χ1n) is 6.91. The van der Waals surface area contributed by atoms with Crippen LogP contribution >= 0.6 is 11.8 Å². The predicted octanol–water partition coefficient (Wildman–Crippen LogP) is 0.420. The second-order valence-corrected chi connectivity index (χ2v) is 5.78. The fourth-order valence-electron chi connectivity index (χ4n) is 2.67. The van der Waals surface area contributed by atoms with Gasteiger partial charge in [0.2, 0.25) is 5.91 Å². The average molecular weight is 304 g/mol. The van der Waals surface area contributed by atoms with Crippen molar-refractivity contribution >= 4 is 24.1 Å². The van der Waals surface area contributed by atoms with Crippen LogP contribution in [0.25, 0.3) is 0 Å². The summed E-state index contributed by atoms with van der Waals surface area (Å²) in [7, 11) is 0. The molecule has 2 atom stereocenters. The van der Waals surface area contributed by atoms with E-state index < -0.39 is 0 Å². The molecule has 2 aliphatic rings. The summed E-state index contributed by atoms with van der Waals surface area (Å²) in [6.07, 6.45) is 5.85. The van der Waals surface area contributed by atoms with Crippen LogP contribution in [0, 0.1) is 0 Å². The number of nitrogens with one attached hydrogen (secondary N) is 1. The first-order chi connectivity index (χ1) is 9.72. The minimum Gasteiger partial charge on any atom is -0.483 e. The van der Waals surface area contributed by atoms with Crippen molar-refractivity contribution in [1.29, 1.82) is 0 Å². The summed E-state index contributed by atoms with van der Waals surface area (Å²) in [5, 5.41) is 9.99. The van der Waals surface area contributed by atoms with Gasteiger partial charge in [0.15, 0.2) is 0 Å². The Morgan fingerprint density at radius 1 is 1.40 bits per heavy atom. The molecule has 0 aliphatic carbocycles. The van der Waals surface area contributed by atoms with Gasteiger partial charge in [-0.3, -0.25) is 14.5 Å². The van der Waals surface area contributed by atoms with Gasteiger partial charge in [-0.1, -0.05) is 6.42 Å². The Bertz CT molecular complexity index is 298. The van der Waals surface area contributed by atoms with Crippen molar-refractivity contribution in [3.8, 4) is 0 Å². The van der Waals surface area contributed by atoms with Gasteiger partial charge in [-0.05, 0) is 32.2 Å². The lowest BCUT2D eigenvalue weighted by molar-refractivity contribution is -0.123. The first-order valence-corrected chi connectivity index (χ1v) is 8.30. The molecule has 2 heterocycles. The number of likely N-dealkylation sites (tertiary alicyclic amines) is 1. The van der Waals surface area contributed by atoms with Crippen LogP contribution in [-0.2, 0) is 14.3 Å². The van der Waals surface area contributed by atoms with Gasteiger partial charge in [0, 0.05) is 0 Å². The van der Waals surface area contributed by atoms with Gasteiger partial charge in [-0.25, -0.2) is 0 Å². The van der Waals surface area contributed by atoms with Gasteiger partial charge >= 0.3 is 0 Å². The van der Waals surface area contributed by atoms with E-state index in [0.29, 0.717) is 18.4 Å². The van der Waals surface area contributed by atoms with Gasteiger partial charge in [0.05, 0.1) is 31.1 Å². The molecule has 2 fully saturated rings. The van der Waals surface area contributed by atoms with Crippen molar-refractivity contribution in [1.82, 2.24) is 10.2 Å². The maximum Gasteiger partial charge on any atom is 0.290 e. The van der Waals surface area contributed by atoms with Crippen molar-refractivity contribution < 1.29 is 19.4 Å². The zero-order valence-electron chi connectivity index (χ0n) is 11.9. The molecule has 0 aromatic carbocycles. The first kappa shape index (κ1) is 17.3. The molecule has 0 radical (unpaired) electrons. The molecule has 20 heavy (non-hydrogen) atoms. The van der Waals surface area contributed by atoms with E-state index >= 15 is 0 Å². The second-order valence-electron chi connectivity index (χ2n) is 4.91. The van der Waals surface area contributed by atoms with Gasteiger partial charge in [0.1, 0.15) is 0 Å². The van der Waals surface area contributed by atoms with Crippen LogP contribution in [0.2, 0.25) is 0 Å². The average Bonchev–Trinajstić information content (AvgIpc) is 2.89. The third kappa shape index (κ3) is 5.68. The number of carboxylic acid groups (broad SMARTS) is 1. The largest absolute Gasteiger partial charge is 0.483 e. The molecule has 2 saturated heterocycles. The maximum absolute atomic E-state index is 11.6. The van der Waals surface area contributed by atoms with E-state index in [9.17, 15) is 4.79 Å². The third-order valence-electron chi connectivity index (χ3n) is 3.53. The van der Waals surface area contributed by atoms with Crippen LogP contribution in [0.4, 0.5) is 0 Å². The molecule has 0 spiro atoms. The summed E-state index contributed by atoms with van der Waals surface area (Å²) in [6, 6.07) is 0.578. The van der Waals surface area contributed by atoms with Gasteiger partial charge < -0.3 is 15.2 Å². The quantitative estimate of drug-likeness (QED) is 0.733. The lowest BCUT2D eigenvalue weighted by Gasteiger charge is -2.34. The number of rotatable bonds is 4. The van der Waals surface area contributed by atoms with Gasteiger partial charge in [-0.2, -0.15) is 11.8 Å². The number of thioether (sulfide) groups is 1. The number of carbonyl (C=O) groups is 2. The molecule has 7 heteroatoms. The molecule has 0 aromatic heterocycles. The Balaban J connectivity index is 0.000000612. The fourth-order valence-corrected chi connectivity index (χ4v) is 3.02. The highest BCUT2D eigenvalue weighted by molar-refractivity contribution is 7.99. The summed E-state index contributed by atoms with van der Waals surface area (Å²) < 4.78 is 5.54.